The van der Waals surface area contributed by atoms with E-state index >= 15 is 0 Å². The molecule has 74 valence electrons. The maximum atomic E-state index is 10.9. The van der Waals surface area contributed by atoms with Gasteiger partial charge in [0.05, 0.1) is 6.10 Å². The van der Waals surface area contributed by atoms with E-state index in [1.807, 2.05) is 13.0 Å². The second kappa shape index (κ2) is 3.29. The van der Waals surface area contributed by atoms with E-state index in [9.17, 15) is 4.79 Å². The van der Waals surface area contributed by atoms with Crippen molar-refractivity contribution < 1.29 is 9.53 Å². The molecule has 1 unspecified atom stereocenters. The Morgan fingerprint density at radius 2 is 2.43 bits per heavy atom. The van der Waals surface area contributed by atoms with Gasteiger partial charge in [-0.1, -0.05) is 6.07 Å². The van der Waals surface area contributed by atoms with Crippen molar-refractivity contribution in [2.45, 2.75) is 25.9 Å². The van der Waals surface area contributed by atoms with Crippen molar-refractivity contribution in [1.29, 1.82) is 0 Å². The number of hydrogen-bond donors (Lipinski definition) is 1. The summed E-state index contributed by atoms with van der Waals surface area (Å²) >= 11 is 0. The normalized spacial score (nSPS) is 19.6. The maximum absolute atomic E-state index is 10.9. The first-order valence-electron chi connectivity index (χ1n) is 4.63. The second-order valence-electron chi connectivity index (χ2n) is 3.49. The summed E-state index contributed by atoms with van der Waals surface area (Å²) in [4.78, 5) is 14.9. The summed E-state index contributed by atoms with van der Waals surface area (Å²) in [6.07, 6.45) is 2.10. The van der Waals surface area contributed by atoms with Crippen LogP contribution >= 0.6 is 0 Å². The van der Waals surface area contributed by atoms with Crippen molar-refractivity contribution in [3.8, 4) is 5.88 Å². The van der Waals surface area contributed by atoms with Crippen LogP contribution in [0.25, 0.3) is 0 Å². The summed E-state index contributed by atoms with van der Waals surface area (Å²) in [6, 6.07) is 3.49. The summed E-state index contributed by atoms with van der Waals surface area (Å²) in [6.45, 7) is 1.99. The minimum absolute atomic E-state index is 0.165. The van der Waals surface area contributed by atoms with Gasteiger partial charge < -0.3 is 10.5 Å². The van der Waals surface area contributed by atoms with Crippen LogP contribution in [0, 0.1) is 0 Å². The molecule has 1 aliphatic heterocycles. The molecule has 0 saturated heterocycles. The number of rotatable bonds is 1. The summed E-state index contributed by atoms with van der Waals surface area (Å²) < 4.78 is 5.50. The molecule has 1 aromatic rings. The molecule has 1 aromatic heterocycles. The quantitative estimate of drug-likeness (QED) is 0.718. The largest absolute Gasteiger partial charge is 0.474 e. The number of primary amides is 1. The van der Waals surface area contributed by atoms with Gasteiger partial charge in [-0.05, 0) is 25.8 Å². The van der Waals surface area contributed by atoms with Gasteiger partial charge >= 0.3 is 0 Å². The Bertz CT molecular complexity index is 376. The molecule has 0 saturated carbocycles. The fraction of sp³-hybridized carbons (Fsp3) is 0.400. The van der Waals surface area contributed by atoms with Crippen LogP contribution in [0.2, 0.25) is 0 Å². The molecule has 2 heterocycles. The summed E-state index contributed by atoms with van der Waals surface area (Å²) in [5.41, 5.74) is 6.44. The van der Waals surface area contributed by atoms with Crippen LogP contribution in [0.4, 0.5) is 0 Å². The van der Waals surface area contributed by atoms with Crippen LogP contribution in [0.15, 0.2) is 12.1 Å². The second-order valence-corrected chi connectivity index (χ2v) is 3.49. The number of nitrogens with two attached hydrogens (primary N) is 1. The highest BCUT2D eigenvalue weighted by Crippen LogP contribution is 2.25. The fourth-order valence-electron chi connectivity index (χ4n) is 1.51. The Morgan fingerprint density at radius 1 is 1.64 bits per heavy atom. The molecular formula is C10H12N2O2. The van der Waals surface area contributed by atoms with Crippen molar-refractivity contribution in [3.63, 3.8) is 0 Å². The average molecular weight is 192 g/mol. The van der Waals surface area contributed by atoms with Gasteiger partial charge in [0, 0.05) is 5.56 Å². The number of ether oxygens (including phenoxy) is 1. The molecule has 0 radical (unpaired) electrons. The van der Waals surface area contributed by atoms with Gasteiger partial charge in [-0.3, -0.25) is 4.79 Å². The van der Waals surface area contributed by atoms with E-state index in [1.165, 1.54) is 0 Å². The van der Waals surface area contributed by atoms with Gasteiger partial charge in [-0.2, -0.15) is 0 Å². The van der Waals surface area contributed by atoms with E-state index in [-0.39, 0.29) is 11.8 Å². The van der Waals surface area contributed by atoms with Crippen LogP contribution < -0.4 is 10.5 Å². The highest BCUT2D eigenvalue weighted by Gasteiger charge is 2.18. The predicted molar refractivity (Wildman–Crippen MR) is 51.2 cm³/mol. The number of aromatic nitrogens is 1. The number of amides is 1. The number of carbonyl (C=O) groups excluding carboxylic acids is 1. The molecule has 4 nitrogen and oxygen atoms in total. The monoisotopic (exact) mass is 192 g/mol. The zero-order valence-electron chi connectivity index (χ0n) is 7.99. The van der Waals surface area contributed by atoms with Crippen LogP contribution in [-0.2, 0) is 6.42 Å². The third-order valence-corrected chi connectivity index (χ3v) is 2.32. The lowest BCUT2D eigenvalue weighted by atomic mass is 10.1. The standard InChI is InChI=1S/C10H12N2O2/c1-6-2-3-7-4-5-8(9(11)13)12-10(7)14-6/h4-6H,2-3H2,1H3,(H2,11,13). The molecule has 14 heavy (non-hydrogen) atoms. The van der Waals surface area contributed by atoms with Crippen molar-refractivity contribution in [2.24, 2.45) is 5.73 Å². The van der Waals surface area contributed by atoms with Crippen molar-refractivity contribution in [1.82, 2.24) is 4.98 Å². The van der Waals surface area contributed by atoms with E-state index in [1.54, 1.807) is 6.07 Å². The van der Waals surface area contributed by atoms with Gasteiger partial charge in [0.2, 0.25) is 5.88 Å². The molecule has 2 N–H and O–H groups in total. The van der Waals surface area contributed by atoms with Gasteiger partial charge in [0.15, 0.2) is 0 Å². The molecule has 0 fully saturated rings. The van der Waals surface area contributed by atoms with Crippen molar-refractivity contribution >= 4 is 5.91 Å². The Balaban J connectivity index is 2.37. The third-order valence-electron chi connectivity index (χ3n) is 2.32. The Hall–Kier alpha value is -1.58. The van der Waals surface area contributed by atoms with E-state index < -0.39 is 5.91 Å². The number of aryl methyl sites for hydroxylation is 1. The van der Waals surface area contributed by atoms with Crippen LogP contribution in [0.3, 0.4) is 0 Å². The average Bonchev–Trinajstić information content (AvgIpc) is 2.16. The fourth-order valence-corrected chi connectivity index (χ4v) is 1.51. The van der Waals surface area contributed by atoms with Gasteiger partial charge in [0.1, 0.15) is 5.69 Å². The topological polar surface area (TPSA) is 65.2 Å². The zero-order chi connectivity index (χ0) is 10.1. The minimum atomic E-state index is -0.519. The Kier molecular flexibility index (Phi) is 2.11. The summed E-state index contributed by atoms with van der Waals surface area (Å²) in [5.74, 6) is 0.0367. The van der Waals surface area contributed by atoms with Crippen molar-refractivity contribution in [3.05, 3.63) is 23.4 Å². The highest BCUT2D eigenvalue weighted by molar-refractivity contribution is 5.90. The number of nitrogens with zero attached hydrogens (tertiary/aromatic N) is 1. The number of hydrogen-bond acceptors (Lipinski definition) is 3. The SMILES string of the molecule is CC1CCc2ccc(C(N)=O)nc2O1. The molecule has 0 bridgehead atoms. The summed E-state index contributed by atoms with van der Waals surface area (Å²) in [7, 11) is 0. The number of pyridine rings is 1. The van der Waals surface area contributed by atoms with E-state index in [0.29, 0.717) is 5.88 Å². The van der Waals surface area contributed by atoms with Crippen LogP contribution in [0.5, 0.6) is 5.88 Å². The Labute approximate surface area is 82.1 Å². The minimum Gasteiger partial charge on any atom is -0.474 e. The zero-order valence-corrected chi connectivity index (χ0v) is 7.99. The highest BCUT2D eigenvalue weighted by atomic mass is 16.5. The lowest BCUT2D eigenvalue weighted by molar-refractivity contribution is 0.0992. The first-order chi connectivity index (χ1) is 6.66. The third kappa shape index (κ3) is 1.55. The molecule has 1 aliphatic rings. The molecule has 1 atom stereocenters. The molecule has 4 heteroatoms. The van der Waals surface area contributed by atoms with E-state index in [0.717, 1.165) is 18.4 Å². The predicted octanol–water partition coefficient (Wildman–Crippen LogP) is 0.894. The molecule has 0 spiro atoms. The first-order valence-corrected chi connectivity index (χ1v) is 4.63. The van der Waals surface area contributed by atoms with Crippen molar-refractivity contribution in [2.75, 3.05) is 0 Å². The van der Waals surface area contributed by atoms with Gasteiger partial charge in [-0.25, -0.2) is 4.98 Å². The van der Waals surface area contributed by atoms with E-state index in [4.69, 9.17) is 10.5 Å². The number of fused-ring (bicyclic) bond motifs is 1. The van der Waals surface area contributed by atoms with Gasteiger partial charge in [-0.15, -0.1) is 0 Å². The lowest BCUT2D eigenvalue weighted by Gasteiger charge is -2.21. The lowest BCUT2D eigenvalue weighted by Crippen LogP contribution is -2.21. The van der Waals surface area contributed by atoms with Crippen LogP contribution in [-0.4, -0.2) is 17.0 Å². The first kappa shape index (κ1) is 8.99. The molecule has 0 aromatic carbocycles. The molecule has 2 rings (SSSR count). The van der Waals surface area contributed by atoms with Crippen LogP contribution in [0.1, 0.15) is 29.4 Å². The maximum Gasteiger partial charge on any atom is 0.267 e. The smallest absolute Gasteiger partial charge is 0.267 e. The van der Waals surface area contributed by atoms with E-state index in [2.05, 4.69) is 4.98 Å². The molecular weight excluding hydrogens is 180 g/mol. The number of carbonyl (C=O) groups is 1. The molecule has 1 amide bonds. The Morgan fingerprint density at radius 3 is 3.14 bits per heavy atom. The summed E-state index contributed by atoms with van der Waals surface area (Å²) in [5, 5.41) is 0. The van der Waals surface area contributed by atoms with Gasteiger partial charge in [0.25, 0.3) is 5.91 Å². The molecule has 0 aliphatic carbocycles.